The van der Waals surface area contributed by atoms with Crippen molar-refractivity contribution in [3.8, 4) is 0 Å². The van der Waals surface area contributed by atoms with Gasteiger partial charge in [0, 0.05) is 18.7 Å². The summed E-state index contributed by atoms with van der Waals surface area (Å²) in [5.74, 6) is 0.794. The Morgan fingerprint density at radius 3 is 2.79 bits per heavy atom. The number of amides is 1. The van der Waals surface area contributed by atoms with Crippen LogP contribution in [-0.4, -0.2) is 24.2 Å². The van der Waals surface area contributed by atoms with E-state index in [2.05, 4.69) is 5.32 Å². The predicted molar refractivity (Wildman–Crippen MR) is 76.2 cm³/mol. The van der Waals surface area contributed by atoms with Crippen molar-refractivity contribution < 1.29 is 9.90 Å². The molecular formula is C16H23NO2. The van der Waals surface area contributed by atoms with Crippen LogP contribution in [0.3, 0.4) is 0 Å². The zero-order valence-corrected chi connectivity index (χ0v) is 11.8. The number of benzene rings is 1. The Morgan fingerprint density at radius 1 is 1.32 bits per heavy atom. The molecule has 2 atom stereocenters. The lowest BCUT2D eigenvalue weighted by Crippen LogP contribution is -2.32. The predicted octanol–water partition coefficient (Wildman–Crippen LogP) is 2.44. The molecule has 2 unspecified atom stereocenters. The maximum atomic E-state index is 12.2. The maximum Gasteiger partial charge on any atom is 0.251 e. The average molecular weight is 261 g/mol. The number of hydrogen-bond acceptors (Lipinski definition) is 2. The summed E-state index contributed by atoms with van der Waals surface area (Å²) in [6.07, 6.45) is 3.36. The topological polar surface area (TPSA) is 49.3 Å². The van der Waals surface area contributed by atoms with Gasteiger partial charge in [-0.2, -0.15) is 0 Å². The Morgan fingerprint density at radius 2 is 2.05 bits per heavy atom. The van der Waals surface area contributed by atoms with Crippen LogP contribution >= 0.6 is 0 Å². The Hall–Kier alpha value is -1.35. The monoisotopic (exact) mass is 261 g/mol. The average Bonchev–Trinajstić information content (AvgIpc) is 2.86. The highest BCUT2D eigenvalue weighted by molar-refractivity contribution is 5.95. The number of nitrogens with one attached hydrogen (secondary N) is 1. The number of aliphatic hydroxyl groups excluding tert-OH is 1. The summed E-state index contributed by atoms with van der Waals surface area (Å²) in [6, 6.07) is 5.93. The highest BCUT2D eigenvalue weighted by Crippen LogP contribution is 2.30. The first-order valence-corrected chi connectivity index (χ1v) is 7.08. The quantitative estimate of drug-likeness (QED) is 0.874. The van der Waals surface area contributed by atoms with Crippen molar-refractivity contribution in [1.82, 2.24) is 5.32 Å². The van der Waals surface area contributed by atoms with Gasteiger partial charge in [-0.3, -0.25) is 4.79 Å². The number of carbonyl (C=O) groups excluding carboxylic acids is 1. The van der Waals surface area contributed by atoms with Gasteiger partial charge in [0.2, 0.25) is 0 Å². The first-order chi connectivity index (χ1) is 9.11. The molecule has 104 valence electrons. The summed E-state index contributed by atoms with van der Waals surface area (Å²) < 4.78 is 0. The molecule has 1 aromatic carbocycles. The van der Waals surface area contributed by atoms with Gasteiger partial charge in [-0.05, 0) is 50.2 Å². The molecule has 0 spiro atoms. The van der Waals surface area contributed by atoms with E-state index >= 15 is 0 Å². The second-order valence-corrected chi connectivity index (χ2v) is 5.66. The lowest BCUT2D eigenvalue weighted by Gasteiger charge is -2.18. The zero-order valence-electron chi connectivity index (χ0n) is 11.8. The summed E-state index contributed by atoms with van der Waals surface area (Å²) in [5, 5.41) is 12.3. The third-order valence-corrected chi connectivity index (χ3v) is 4.21. The second-order valence-electron chi connectivity index (χ2n) is 5.66. The molecule has 19 heavy (non-hydrogen) atoms. The van der Waals surface area contributed by atoms with Gasteiger partial charge in [0.05, 0.1) is 0 Å². The van der Waals surface area contributed by atoms with Crippen LogP contribution in [0.5, 0.6) is 0 Å². The smallest absolute Gasteiger partial charge is 0.251 e. The van der Waals surface area contributed by atoms with E-state index < -0.39 is 0 Å². The fourth-order valence-electron chi connectivity index (χ4n) is 2.92. The summed E-state index contributed by atoms with van der Waals surface area (Å²) >= 11 is 0. The second kappa shape index (κ2) is 6.20. The van der Waals surface area contributed by atoms with E-state index in [4.69, 9.17) is 0 Å². The van der Waals surface area contributed by atoms with Crippen LogP contribution in [-0.2, 0) is 0 Å². The van der Waals surface area contributed by atoms with E-state index in [1.54, 1.807) is 0 Å². The van der Waals surface area contributed by atoms with Crippen LogP contribution in [0.4, 0.5) is 0 Å². The van der Waals surface area contributed by atoms with Crippen molar-refractivity contribution in [2.75, 3.05) is 13.2 Å². The van der Waals surface area contributed by atoms with Crippen molar-refractivity contribution in [3.63, 3.8) is 0 Å². The minimum Gasteiger partial charge on any atom is -0.396 e. The number of carbonyl (C=O) groups is 1. The molecule has 1 amide bonds. The Bertz CT molecular complexity index is 456. The molecule has 0 saturated heterocycles. The fourth-order valence-corrected chi connectivity index (χ4v) is 2.92. The molecule has 3 heteroatoms. The van der Waals surface area contributed by atoms with E-state index in [1.807, 2.05) is 32.0 Å². The molecule has 1 aromatic rings. The molecule has 3 nitrogen and oxygen atoms in total. The third kappa shape index (κ3) is 3.35. The molecule has 1 saturated carbocycles. The summed E-state index contributed by atoms with van der Waals surface area (Å²) in [7, 11) is 0. The Balaban J connectivity index is 1.96. The van der Waals surface area contributed by atoms with Crippen molar-refractivity contribution >= 4 is 5.91 Å². The van der Waals surface area contributed by atoms with Gasteiger partial charge in [-0.1, -0.05) is 24.1 Å². The number of aryl methyl sites for hydroxylation is 2. The minimum absolute atomic E-state index is 0.00443. The lowest BCUT2D eigenvalue weighted by atomic mass is 9.96. The molecule has 0 aromatic heterocycles. The molecular weight excluding hydrogens is 238 g/mol. The largest absolute Gasteiger partial charge is 0.396 e. The van der Waals surface area contributed by atoms with Gasteiger partial charge in [0.1, 0.15) is 0 Å². The van der Waals surface area contributed by atoms with E-state index in [0.717, 1.165) is 36.0 Å². The van der Waals surface area contributed by atoms with Crippen LogP contribution in [0, 0.1) is 25.7 Å². The van der Waals surface area contributed by atoms with Crippen molar-refractivity contribution in [2.45, 2.75) is 33.1 Å². The summed E-state index contributed by atoms with van der Waals surface area (Å²) in [4.78, 5) is 12.2. The van der Waals surface area contributed by atoms with Gasteiger partial charge in [0.25, 0.3) is 5.91 Å². The van der Waals surface area contributed by atoms with Crippen molar-refractivity contribution in [2.24, 2.45) is 11.8 Å². The molecule has 1 aliphatic carbocycles. The molecule has 0 aliphatic heterocycles. The van der Waals surface area contributed by atoms with Gasteiger partial charge in [-0.15, -0.1) is 0 Å². The van der Waals surface area contributed by atoms with Crippen LogP contribution < -0.4 is 5.32 Å². The summed E-state index contributed by atoms with van der Waals surface area (Å²) in [6.45, 7) is 4.87. The van der Waals surface area contributed by atoms with Gasteiger partial charge in [-0.25, -0.2) is 0 Å². The van der Waals surface area contributed by atoms with Crippen LogP contribution in [0.1, 0.15) is 40.7 Å². The highest BCUT2D eigenvalue weighted by Gasteiger charge is 2.26. The van der Waals surface area contributed by atoms with Crippen LogP contribution in [0.15, 0.2) is 18.2 Å². The minimum atomic E-state index is 0.00443. The van der Waals surface area contributed by atoms with Gasteiger partial charge >= 0.3 is 0 Å². The molecule has 1 aliphatic rings. The third-order valence-electron chi connectivity index (χ3n) is 4.21. The number of hydrogen-bond donors (Lipinski definition) is 2. The number of rotatable bonds is 4. The lowest BCUT2D eigenvalue weighted by molar-refractivity contribution is 0.0937. The zero-order chi connectivity index (χ0) is 13.8. The normalized spacial score (nSPS) is 22.5. The molecule has 0 heterocycles. The van der Waals surface area contributed by atoms with Crippen molar-refractivity contribution in [3.05, 3.63) is 34.9 Å². The van der Waals surface area contributed by atoms with E-state index in [-0.39, 0.29) is 12.5 Å². The fraction of sp³-hybridized carbons (Fsp3) is 0.562. The van der Waals surface area contributed by atoms with E-state index in [0.29, 0.717) is 18.4 Å². The molecule has 2 rings (SSSR count). The first-order valence-electron chi connectivity index (χ1n) is 7.08. The van der Waals surface area contributed by atoms with Gasteiger partial charge in [0.15, 0.2) is 0 Å². The Kier molecular flexibility index (Phi) is 4.59. The highest BCUT2D eigenvalue weighted by atomic mass is 16.3. The first kappa shape index (κ1) is 14.1. The van der Waals surface area contributed by atoms with E-state index in [1.165, 1.54) is 0 Å². The number of aliphatic hydroxyl groups is 1. The van der Waals surface area contributed by atoms with Crippen LogP contribution in [0.2, 0.25) is 0 Å². The van der Waals surface area contributed by atoms with Crippen molar-refractivity contribution in [1.29, 1.82) is 0 Å². The van der Waals surface area contributed by atoms with Gasteiger partial charge < -0.3 is 10.4 Å². The molecule has 0 bridgehead atoms. The SMILES string of the molecule is Cc1ccc(C)c(C(=O)NCC2CCCC2CO)c1. The molecule has 2 N–H and O–H groups in total. The standard InChI is InChI=1S/C16H23NO2/c1-11-6-7-12(2)15(8-11)16(19)17-9-13-4-3-5-14(13)10-18/h6-8,13-14,18H,3-5,9-10H2,1-2H3,(H,17,19). The molecule has 0 radical (unpaired) electrons. The van der Waals surface area contributed by atoms with Crippen LogP contribution in [0.25, 0.3) is 0 Å². The molecule has 1 fully saturated rings. The Labute approximate surface area is 115 Å². The summed E-state index contributed by atoms with van der Waals surface area (Å²) in [5.41, 5.74) is 2.87. The van der Waals surface area contributed by atoms with E-state index in [9.17, 15) is 9.90 Å². The maximum absolute atomic E-state index is 12.2.